The van der Waals surface area contributed by atoms with E-state index >= 15 is 0 Å². The van der Waals surface area contributed by atoms with Crippen LogP contribution in [0.4, 0.5) is 5.69 Å². The van der Waals surface area contributed by atoms with E-state index in [9.17, 15) is 9.59 Å². The molecule has 2 fully saturated rings. The smallest absolute Gasteiger partial charge is 0.242 e. The van der Waals surface area contributed by atoms with E-state index in [1.165, 1.54) is 6.42 Å². The highest BCUT2D eigenvalue weighted by molar-refractivity contribution is 6.33. The van der Waals surface area contributed by atoms with Gasteiger partial charge < -0.3 is 16.0 Å². The van der Waals surface area contributed by atoms with Crippen LogP contribution in [-0.2, 0) is 9.59 Å². The van der Waals surface area contributed by atoms with Crippen LogP contribution in [0.15, 0.2) is 24.3 Å². The topological polar surface area (TPSA) is 78.7 Å². The highest BCUT2D eigenvalue weighted by Gasteiger charge is 2.39. The van der Waals surface area contributed by atoms with Gasteiger partial charge in [0.25, 0.3) is 0 Å². The van der Waals surface area contributed by atoms with Crippen molar-refractivity contribution in [2.24, 2.45) is 5.73 Å². The summed E-state index contributed by atoms with van der Waals surface area (Å²) in [5.74, 6) is -0.0159. The second kappa shape index (κ2) is 8.37. The quantitative estimate of drug-likeness (QED) is 0.840. The highest BCUT2D eigenvalue weighted by Crippen LogP contribution is 2.28. The van der Waals surface area contributed by atoms with E-state index in [0.29, 0.717) is 43.4 Å². The molecule has 0 aromatic heterocycles. The van der Waals surface area contributed by atoms with E-state index in [-0.39, 0.29) is 11.8 Å². The number of rotatable bonds is 4. The van der Waals surface area contributed by atoms with Crippen LogP contribution < -0.4 is 11.1 Å². The van der Waals surface area contributed by atoms with Gasteiger partial charge in [-0.2, -0.15) is 0 Å². The number of para-hydroxylation sites is 1. The Kier molecular flexibility index (Phi) is 6.16. The largest absolute Gasteiger partial charge is 0.339 e. The van der Waals surface area contributed by atoms with Gasteiger partial charge in [0.2, 0.25) is 11.8 Å². The Balaban J connectivity index is 1.47. The molecule has 0 spiro atoms. The molecule has 1 aromatic rings. The Bertz CT molecular complexity index is 653. The zero-order chi connectivity index (χ0) is 18.6. The van der Waals surface area contributed by atoms with E-state index in [2.05, 4.69) is 10.2 Å². The number of carbonyl (C=O) groups excluding carboxylic acids is 2. The van der Waals surface area contributed by atoms with Crippen molar-refractivity contribution in [1.29, 1.82) is 0 Å². The van der Waals surface area contributed by atoms with Crippen molar-refractivity contribution in [1.82, 2.24) is 9.80 Å². The minimum atomic E-state index is -0.679. The molecule has 1 saturated heterocycles. The van der Waals surface area contributed by atoms with Crippen LogP contribution >= 0.6 is 11.6 Å². The SMILES string of the molecule is NC1(C(=O)N2CCN(CC(=O)Nc3ccccc3Cl)CC2)CCCCC1. The summed E-state index contributed by atoms with van der Waals surface area (Å²) < 4.78 is 0. The molecule has 7 heteroatoms. The molecule has 0 radical (unpaired) electrons. The van der Waals surface area contributed by atoms with Gasteiger partial charge >= 0.3 is 0 Å². The van der Waals surface area contributed by atoms with Gasteiger partial charge in [-0.1, -0.05) is 43.0 Å². The third kappa shape index (κ3) is 4.55. The van der Waals surface area contributed by atoms with Gasteiger partial charge in [0, 0.05) is 26.2 Å². The number of amides is 2. The van der Waals surface area contributed by atoms with Crippen molar-refractivity contribution >= 4 is 29.1 Å². The van der Waals surface area contributed by atoms with Crippen LogP contribution in [0, 0.1) is 0 Å². The van der Waals surface area contributed by atoms with E-state index < -0.39 is 5.54 Å². The van der Waals surface area contributed by atoms with Crippen LogP contribution in [0.5, 0.6) is 0 Å². The lowest BCUT2D eigenvalue weighted by Crippen LogP contribution is -2.60. The number of carbonyl (C=O) groups is 2. The average molecular weight is 379 g/mol. The van der Waals surface area contributed by atoms with Crippen LogP contribution in [0.1, 0.15) is 32.1 Å². The fourth-order valence-corrected chi connectivity index (χ4v) is 3.96. The van der Waals surface area contributed by atoms with Crippen molar-refractivity contribution in [2.75, 3.05) is 38.0 Å². The summed E-state index contributed by atoms with van der Waals surface area (Å²) in [7, 11) is 0. The molecule has 1 aliphatic heterocycles. The third-order valence-corrected chi connectivity index (χ3v) is 5.68. The molecule has 1 aromatic carbocycles. The lowest BCUT2D eigenvalue weighted by molar-refractivity contribution is -0.140. The molecule has 2 aliphatic rings. The first kappa shape index (κ1) is 19.1. The van der Waals surface area contributed by atoms with Crippen LogP contribution in [0.25, 0.3) is 0 Å². The van der Waals surface area contributed by atoms with Crippen molar-refractivity contribution in [3.8, 4) is 0 Å². The zero-order valence-corrected chi connectivity index (χ0v) is 15.8. The Morgan fingerprint density at radius 1 is 1.08 bits per heavy atom. The minimum absolute atomic E-state index is 0.0809. The summed E-state index contributed by atoms with van der Waals surface area (Å²) in [4.78, 5) is 28.9. The second-order valence-electron chi connectivity index (χ2n) is 7.31. The molecule has 0 unspecified atom stereocenters. The van der Waals surface area contributed by atoms with Crippen LogP contribution in [0.2, 0.25) is 5.02 Å². The number of halogens is 1. The molecular weight excluding hydrogens is 352 g/mol. The first-order chi connectivity index (χ1) is 12.5. The van der Waals surface area contributed by atoms with Gasteiger partial charge in [0.05, 0.1) is 22.8 Å². The van der Waals surface area contributed by atoms with E-state index in [0.717, 1.165) is 25.7 Å². The fourth-order valence-electron chi connectivity index (χ4n) is 3.78. The Morgan fingerprint density at radius 3 is 2.38 bits per heavy atom. The van der Waals surface area contributed by atoms with Crippen molar-refractivity contribution < 1.29 is 9.59 Å². The predicted octanol–water partition coefficient (Wildman–Crippen LogP) is 2.08. The number of piperazine rings is 1. The molecule has 6 nitrogen and oxygen atoms in total. The summed E-state index contributed by atoms with van der Waals surface area (Å²) in [6.07, 6.45) is 4.80. The molecular formula is C19H27ClN4O2. The third-order valence-electron chi connectivity index (χ3n) is 5.35. The Morgan fingerprint density at radius 2 is 1.73 bits per heavy atom. The molecule has 1 aliphatic carbocycles. The van der Waals surface area contributed by atoms with Gasteiger partial charge in [0.1, 0.15) is 0 Å². The van der Waals surface area contributed by atoms with Crippen molar-refractivity contribution in [3.05, 3.63) is 29.3 Å². The molecule has 2 amide bonds. The average Bonchev–Trinajstić information content (AvgIpc) is 2.64. The summed E-state index contributed by atoms with van der Waals surface area (Å²) in [6, 6.07) is 7.18. The number of anilines is 1. The Labute approximate surface area is 159 Å². The molecule has 0 atom stereocenters. The summed E-state index contributed by atoms with van der Waals surface area (Å²) >= 11 is 6.07. The van der Waals surface area contributed by atoms with E-state index in [1.807, 2.05) is 17.0 Å². The van der Waals surface area contributed by atoms with Crippen LogP contribution in [0.3, 0.4) is 0 Å². The number of nitrogens with one attached hydrogen (secondary N) is 1. The maximum atomic E-state index is 12.8. The summed E-state index contributed by atoms with van der Waals surface area (Å²) in [5, 5.41) is 3.36. The number of benzene rings is 1. The normalized spacial score (nSPS) is 20.6. The summed E-state index contributed by atoms with van der Waals surface area (Å²) in [5.41, 5.74) is 6.31. The fraction of sp³-hybridized carbons (Fsp3) is 0.579. The lowest BCUT2D eigenvalue weighted by atomic mass is 9.81. The van der Waals surface area contributed by atoms with Crippen molar-refractivity contribution in [3.63, 3.8) is 0 Å². The predicted molar refractivity (Wildman–Crippen MR) is 103 cm³/mol. The van der Waals surface area contributed by atoms with Crippen molar-refractivity contribution in [2.45, 2.75) is 37.6 Å². The van der Waals surface area contributed by atoms with Gasteiger partial charge in [-0.25, -0.2) is 0 Å². The first-order valence-electron chi connectivity index (χ1n) is 9.33. The highest BCUT2D eigenvalue weighted by atomic mass is 35.5. The lowest BCUT2D eigenvalue weighted by Gasteiger charge is -2.40. The number of nitrogens with zero attached hydrogens (tertiary/aromatic N) is 2. The molecule has 0 bridgehead atoms. The monoisotopic (exact) mass is 378 g/mol. The van der Waals surface area contributed by atoms with Gasteiger partial charge in [-0.05, 0) is 25.0 Å². The van der Waals surface area contributed by atoms with E-state index in [4.69, 9.17) is 17.3 Å². The molecule has 3 N–H and O–H groups in total. The maximum Gasteiger partial charge on any atom is 0.242 e. The zero-order valence-electron chi connectivity index (χ0n) is 15.0. The minimum Gasteiger partial charge on any atom is -0.339 e. The van der Waals surface area contributed by atoms with E-state index in [1.54, 1.807) is 12.1 Å². The van der Waals surface area contributed by atoms with Crippen LogP contribution in [-0.4, -0.2) is 59.9 Å². The second-order valence-corrected chi connectivity index (χ2v) is 7.72. The molecule has 1 saturated carbocycles. The van der Waals surface area contributed by atoms with Gasteiger partial charge in [-0.15, -0.1) is 0 Å². The van der Waals surface area contributed by atoms with Gasteiger partial charge in [0.15, 0.2) is 0 Å². The van der Waals surface area contributed by atoms with Gasteiger partial charge in [-0.3, -0.25) is 14.5 Å². The summed E-state index contributed by atoms with van der Waals surface area (Å²) in [6.45, 7) is 2.89. The molecule has 142 valence electrons. The molecule has 1 heterocycles. The molecule has 26 heavy (non-hydrogen) atoms. The number of hydrogen-bond donors (Lipinski definition) is 2. The number of hydrogen-bond acceptors (Lipinski definition) is 4. The molecule has 3 rings (SSSR count). The standard InChI is InChI=1S/C19H27ClN4O2/c20-15-6-2-3-7-16(15)22-17(25)14-23-10-12-24(13-11-23)18(26)19(21)8-4-1-5-9-19/h2-3,6-7H,1,4-5,8-14,21H2,(H,22,25). The number of nitrogens with two attached hydrogens (primary N) is 1. The first-order valence-corrected chi connectivity index (χ1v) is 9.71. The maximum absolute atomic E-state index is 12.8. The Hall–Kier alpha value is -1.63.